The number of ketones is 1. The van der Waals surface area contributed by atoms with Crippen molar-refractivity contribution in [1.82, 2.24) is 0 Å². The van der Waals surface area contributed by atoms with Gasteiger partial charge < -0.3 is 5.11 Å². The number of hydrogen-bond acceptors (Lipinski definition) is 2. The molecule has 0 bridgehead atoms. The molecule has 1 rings (SSSR count). The van der Waals surface area contributed by atoms with Crippen LogP contribution in [0.15, 0.2) is 18.2 Å². The summed E-state index contributed by atoms with van der Waals surface area (Å²) in [4.78, 5) is 21.9. The monoisotopic (exact) mass is 224 g/mol. The van der Waals surface area contributed by atoms with Crippen LogP contribution < -0.4 is 0 Å². The van der Waals surface area contributed by atoms with Crippen molar-refractivity contribution < 1.29 is 19.1 Å². The molecule has 1 N–H and O–H groups in total. The topological polar surface area (TPSA) is 54.4 Å². The van der Waals surface area contributed by atoms with Crippen LogP contribution in [0, 0.1) is 12.7 Å². The number of hydrogen-bond donors (Lipinski definition) is 1. The van der Waals surface area contributed by atoms with Crippen LogP contribution in [0.1, 0.15) is 35.2 Å². The summed E-state index contributed by atoms with van der Waals surface area (Å²) in [5.41, 5.74) is 0.660. The van der Waals surface area contributed by atoms with Crippen molar-refractivity contribution in [1.29, 1.82) is 0 Å². The Morgan fingerprint density at radius 1 is 1.31 bits per heavy atom. The molecular formula is C12H13FO3. The Balaban J connectivity index is 2.66. The molecule has 0 radical (unpaired) electrons. The average Bonchev–Trinajstić information content (AvgIpc) is 2.21. The Labute approximate surface area is 92.9 Å². The van der Waals surface area contributed by atoms with Gasteiger partial charge in [0.1, 0.15) is 5.82 Å². The molecular weight excluding hydrogens is 211 g/mol. The van der Waals surface area contributed by atoms with Gasteiger partial charge in [0.15, 0.2) is 5.78 Å². The van der Waals surface area contributed by atoms with Crippen LogP contribution in [0.5, 0.6) is 0 Å². The Bertz CT molecular complexity index is 413. The lowest BCUT2D eigenvalue weighted by Crippen LogP contribution is -2.04. The van der Waals surface area contributed by atoms with Crippen molar-refractivity contribution in [2.75, 3.05) is 0 Å². The van der Waals surface area contributed by atoms with Crippen molar-refractivity contribution in [3.05, 3.63) is 35.1 Å². The molecule has 86 valence electrons. The highest BCUT2D eigenvalue weighted by molar-refractivity contribution is 5.97. The van der Waals surface area contributed by atoms with Gasteiger partial charge >= 0.3 is 5.97 Å². The predicted molar refractivity (Wildman–Crippen MR) is 57.0 cm³/mol. The number of carboxylic acids is 1. The Morgan fingerprint density at radius 3 is 2.62 bits per heavy atom. The van der Waals surface area contributed by atoms with Crippen LogP contribution in [-0.4, -0.2) is 16.9 Å². The number of carbonyl (C=O) groups is 2. The molecule has 0 aliphatic rings. The Kier molecular flexibility index (Phi) is 4.17. The highest BCUT2D eigenvalue weighted by Gasteiger charge is 2.11. The third kappa shape index (κ3) is 3.15. The van der Waals surface area contributed by atoms with Crippen molar-refractivity contribution >= 4 is 11.8 Å². The lowest BCUT2D eigenvalue weighted by molar-refractivity contribution is -0.137. The smallest absolute Gasteiger partial charge is 0.303 e. The van der Waals surface area contributed by atoms with Crippen molar-refractivity contribution in [2.24, 2.45) is 0 Å². The van der Waals surface area contributed by atoms with E-state index < -0.39 is 11.8 Å². The summed E-state index contributed by atoms with van der Waals surface area (Å²) >= 11 is 0. The van der Waals surface area contributed by atoms with E-state index in [1.54, 1.807) is 13.0 Å². The normalized spacial score (nSPS) is 10.1. The zero-order valence-electron chi connectivity index (χ0n) is 9.00. The fourth-order valence-electron chi connectivity index (χ4n) is 1.44. The first kappa shape index (κ1) is 12.4. The average molecular weight is 224 g/mol. The molecule has 3 nitrogen and oxygen atoms in total. The minimum absolute atomic E-state index is 0.0416. The van der Waals surface area contributed by atoms with Crippen LogP contribution in [-0.2, 0) is 4.79 Å². The zero-order chi connectivity index (χ0) is 12.1. The largest absolute Gasteiger partial charge is 0.481 e. The number of halogens is 1. The summed E-state index contributed by atoms with van der Waals surface area (Å²) in [6.07, 6.45) is 0.376. The summed E-state index contributed by atoms with van der Waals surface area (Å²) < 4.78 is 13.1. The standard InChI is InChI=1S/C12H13FO3/c1-8-9(4-2-5-10(8)13)11(14)6-3-7-12(15)16/h2,4-5H,3,6-7H2,1H3,(H,15,16). The fraction of sp³-hybridized carbons (Fsp3) is 0.333. The van der Waals surface area contributed by atoms with Gasteiger partial charge in [0.25, 0.3) is 0 Å². The molecule has 0 amide bonds. The molecule has 0 unspecified atom stereocenters. The van der Waals surface area contributed by atoms with E-state index in [0.29, 0.717) is 11.1 Å². The van der Waals surface area contributed by atoms with E-state index in [2.05, 4.69) is 0 Å². The number of rotatable bonds is 5. The second-order valence-corrected chi connectivity index (χ2v) is 3.58. The van der Waals surface area contributed by atoms with E-state index >= 15 is 0 Å². The molecule has 4 heteroatoms. The number of carboxylic acid groups (broad SMARTS) is 1. The van der Waals surface area contributed by atoms with Crippen molar-refractivity contribution in [2.45, 2.75) is 26.2 Å². The molecule has 1 aromatic carbocycles. The number of aliphatic carboxylic acids is 1. The quantitative estimate of drug-likeness (QED) is 0.782. The maximum Gasteiger partial charge on any atom is 0.303 e. The van der Waals surface area contributed by atoms with Crippen LogP contribution in [0.3, 0.4) is 0 Å². The van der Waals surface area contributed by atoms with Gasteiger partial charge in [-0.15, -0.1) is 0 Å². The fourth-order valence-corrected chi connectivity index (χ4v) is 1.44. The predicted octanol–water partition coefficient (Wildman–Crippen LogP) is 2.57. The van der Waals surface area contributed by atoms with Gasteiger partial charge in [-0.3, -0.25) is 9.59 Å². The second kappa shape index (κ2) is 5.39. The van der Waals surface area contributed by atoms with Crippen LogP contribution in [0.4, 0.5) is 4.39 Å². The maximum absolute atomic E-state index is 13.1. The van der Waals surface area contributed by atoms with Crippen molar-refractivity contribution in [3.63, 3.8) is 0 Å². The molecule has 0 saturated heterocycles. The third-order valence-electron chi connectivity index (χ3n) is 2.36. The molecule has 16 heavy (non-hydrogen) atoms. The van der Waals surface area contributed by atoms with Crippen LogP contribution in [0.25, 0.3) is 0 Å². The van der Waals surface area contributed by atoms with Crippen LogP contribution in [0.2, 0.25) is 0 Å². The molecule has 0 aliphatic heterocycles. The van der Waals surface area contributed by atoms with Gasteiger partial charge in [-0.05, 0) is 25.0 Å². The van der Waals surface area contributed by atoms with Gasteiger partial charge in [-0.1, -0.05) is 12.1 Å². The number of benzene rings is 1. The van der Waals surface area contributed by atoms with Gasteiger partial charge in [0.05, 0.1) is 0 Å². The van der Waals surface area contributed by atoms with Gasteiger partial charge in [0.2, 0.25) is 0 Å². The Morgan fingerprint density at radius 2 is 2.00 bits per heavy atom. The molecule has 1 aromatic rings. The van der Waals surface area contributed by atoms with E-state index in [4.69, 9.17) is 5.11 Å². The first-order chi connectivity index (χ1) is 7.52. The molecule has 0 spiro atoms. The maximum atomic E-state index is 13.1. The first-order valence-electron chi connectivity index (χ1n) is 5.02. The van der Waals surface area contributed by atoms with E-state index in [1.165, 1.54) is 12.1 Å². The molecule has 0 heterocycles. The zero-order valence-corrected chi connectivity index (χ0v) is 9.00. The molecule has 0 saturated carbocycles. The minimum Gasteiger partial charge on any atom is -0.481 e. The molecule has 0 aromatic heterocycles. The van der Waals surface area contributed by atoms with E-state index in [0.717, 1.165) is 0 Å². The third-order valence-corrected chi connectivity index (χ3v) is 2.36. The summed E-state index contributed by atoms with van der Waals surface area (Å²) in [6.45, 7) is 1.54. The van der Waals surface area contributed by atoms with E-state index in [-0.39, 0.29) is 25.0 Å². The van der Waals surface area contributed by atoms with Crippen molar-refractivity contribution in [3.8, 4) is 0 Å². The summed E-state index contributed by atoms with van der Waals surface area (Å²) in [7, 11) is 0. The van der Waals surface area contributed by atoms with Crippen LogP contribution >= 0.6 is 0 Å². The first-order valence-corrected chi connectivity index (χ1v) is 5.02. The van der Waals surface area contributed by atoms with Gasteiger partial charge in [-0.2, -0.15) is 0 Å². The van der Waals surface area contributed by atoms with E-state index in [1.807, 2.05) is 0 Å². The highest BCUT2D eigenvalue weighted by Crippen LogP contribution is 2.15. The summed E-state index contributed by atoms with van der Waals surface area (Å²) in [6, 6.07) is 4.33. The second-order valence-electron chi connectivity index (χ2n) is 3.58. The highest BCUT2D eigenvalue weighted by atomic mass is 19.1. The lowest BCUT2D eigenvalue weighted by Gasteiger charge is -2.04. The number of carbonyl (C=O) groups excluding carboxylic acids is 1. The molecule has 0 fully saturated rings. The Hall–Kier alpha value is -1.71. The minimum atomic E-state index is -0.927. The van der Waals surface area contributed by atoms with Gasteiger partial charge in [0, 0.05) is 18.4 Å². The number of Topliss-reactive ketones (excluding diaryl/α,β-unsaturated/α-hetero) is 1. The molecule has 0 atom stereocenters. The van der Waals surface area contributed by atoms with E-state index in [9.17, 15) is 14.0 Å². The SMILES string of the molecule is Cc1c(F)cccc1C(=O)CCCC(=O)O. The summed E-state index contributed by atoms with van der Waals surface area (Å²) in [5, 5.41) is 8.42. The molecule has 0 aliphatic carbocycles. The van der Waals surface area contributed by atoms with Gasteiger partial charge in [-0.25, -0.2) is 4.39 Å². The lowest BCUT2D eigenvalue weighted by atomic mass is 10.0. The summed E-state index contributed by atoms with van der Waals surface area (Å²) in [5.74, 6) is -1.55.